The summed E-state index contributed by atoms with van der Waals surface area (Å²) in [5.74, 6) is 0.810. The number of carbonyl (C=O) groups excluding carboxylic acids is 1. The first-order valence-corrected chi connectivity index (χ1v) is 9.42. The van der Waals surface area contributed by atoms with Gasteiger partial charge < -0.3 is 20.5 Å². The van der Waals surface area contributed by atoms with Crippen LogP contribution in [-0.2, 0) is 14.9 Å². The Bertz CT molecular complexity index is 731. The van der Waals surface area contributed by atoms with Gasteiger partial charge in [-0.15, -0.1) is 12.4 Å². The Hall–Kier alpha value is -2.08. The number of carbonyl (C=O) groups is 1. The molecule has 1 aliphatic rings. The molecule has 2 aromatic carbocycles. The van der Waals surface area contributed by atoms with Gasteiger partial charge in [0.25, 0.3) is 0 Å². The Morgan fingerprint density at radius 2 is 1.79 bits per heavy atom. The van der Waals surface area contributed by atoms with E-state index in [0.717, 1.165) is 24.2 Å². The van der Waals surface area contributed by atoms with Crippen molar-refractivity contribution in [2.24, 2.45) is 5.73 Å². The molecule has 0 radical (unpaired) electrons. The van der Waals surface area contributed by atoms with Crippen LogP contribution in [0.1, 0.15) is 36.4 Å². The molecule has 0 saturated carbocycles. The van der Waals surface area contributed by atoms with Gasteiger partial charge >= 0.3 is 0 Å². The molecule has 2 aromatic rings. The minimum atomic E-state index is -0.294. The molecule has 6 heteroatoms. The first kappa shape index (κ1) is 22.2. The van der Waals surface area contributed by atoms with Crippen LogP contribution in [-0.4, -0.2) is 32.8 Å². The molecule has 1 amide bonds. The highest BCUT2D eigenvalue weighted by Gasteiger charge is 2.35. The van der Waals surface area contributed by atoms with Crippen molar-refractivity contribution in [1.82, 2.24) is 5.32 Å². The fourth-order valence-electron chi connectivity index (χ4n) is 3.63. The maximum absolute atomic E-state index is 12.5. The second kappa shape index (κ2) is 10.5. The average molecular weight is 405 g/mol. The minimum Gasteiger partial charge on any atom is -0.497 e. The van der Waals surface area contributed by atoms with Crippen molar-refractivity contribution < 1.29 is 14.3 Å². The van der Waals surface area contributed by atoms with Crippen molar-refractivity contribution in [2.75, 3.05) is 26.9 Å². The molecule has 0 aliphatic carbocycles. The highest BCUT2D eigenvalue weighted by atomic mass is 35.5. The monoisotopic (exact) mass is 404 g/mol. The Kier molecular flexibility index (Phi) is 8.30. The summed E-state index contributed by atoms with van der Waals surface area (Å²) in [6, 6.07) is 17.6. The van der Waals surface area contributed by atoms with Gasteiger partial charge in [-0.2, -0.15) is 0 Å². The number of nitrogens with one attached hydrogen (secondary N) is 1. The molecule has 3 N–H and O–H groups in total. The highest BCUT2D eigenvalue weighted by Crippen LogP contribution is 2.35. The summed E-state index contributed by atoms with van der Waals surface area (Å²) in [6.45, 7) is 1.99. The number of methoxy groups -OCH3 is 1. The van der Waals surface area contributed by atoms with E-state index in [1.54, 1.807) is 7.11 Å². The van der Waals surface area contributed by atoms with Crippen LogP contribution in [0.25, 0.3) is 0 Å². The van der Waals surface area contributed by atoms with Crippen LogP contribution in [0.5, 0.6) is 5.75 Å². The van der Waals surface area contributed by atoms with Crippen LogP contribution in [0.2, 0.25) is 0 Å². The lowest BCUT2D eigenvalue weighted by atomic mass is 9.74. The predicted octanol–water partition coefficient (Wildman–Crippen LogP) is 3.37. The molecule has 1 atom stereocenters. The van der Waals surface area contributed by atoms with E-state index in [4.69, 9.17) is 15.2 Å². The largest absolute Gasteiger partial charge is 0.497 e. The highest BCUT2D eigenvalue weighted by molar-refractivity contribution is 5.85. The van der Waals surface area contributed by atoms with E-state index in [0.29, 0.717) is 19.8 Å². The predicted molar refractivity (Wildman–Crippen MR) is 113 cm³/mol. The topological polar surface area (TPSA) is 73.6 Å². The second-order valence-corrected chi connectivity index (χ2v) is 7.12. The lowest BCUT2D eigenvalue weighted by Crippen LogP contribution is -2.45. The van der Waals surface area contributed by atoms with Crippen molar-refractivity contribution in [3.05, 3.63) is 65.7 Å². The normalized spacial score (nSPS) is 16.5. The van der Waals surface area contributed by atoms with Gasteiger partial charge in [-0.3, -0.25) is 4.79 Å². The SMILES string of the molecule is COc1ccc(C2(CNC(=O)CC(N)c3ccccc3)CCOCC2)cc1.Cl. The van der Waals surface area contributed by atoms with Gasteiger partial charge in [0, 0.05) is 37.6 Å². The third-order valence-corrected chi connectivity index (χ3v) is 5.41. The third kappa shape index (κ3) is 5.47. The molecular weight excluding hydrogens is 376 g/mol. The summed E-state index contributed by atoms with van der Waals surface area (Å²) in [4.78, 5) is 12.5. The van der Waals surface area contributed by atoms with Crippen LogP contribution < -0.4 is 15.8 Å². The third-order valence-electron chi connectivity index (χ3n) is 5.41. The van der Waals surface area contributed by atoms with Gasteiger partial charge in [0.05, 0.1) is 7.11 Å². The Balaban J connectivity index is 0.00000280. The van der Waals surface area contributed by atoms with E-state index in [2.05, 4.69) is 17.4 Å². The van der Waals surface area contributed by atoms with Crippen molar-refractivity contribution >= 4 is 18.3 Å². The second-order valence-electron chi connectivity index (χ2n) is 7.12. The number of rotatable bonds is 7. The molecular formula is C22H29ClN2O3. The molecule has 1 heterocycles. The first-order chi connectivity index (χ1) is 13.1. The number of benzene rings is 2. The van der Waals surface area contributed by atoms with Crippen LogP contribution in [0.4, 0.5) is 0 Å². The molecule has 5 nitrogen and oxygen atoms in total. The van der Waals surface area contributed by atoms with E-state index in [9.17, 15) is 4.79 Å². The molecule has 0 aromatic heterocycles. The van der Waals surface area contributed by atoms with Crippen LogP contribution >= 0.6 is 12.4 Å². The molecule has 152 valence electrons. The number of ether oxygens (including phenoxy) is 2. The smallest absolute Gasteiger partial charge is 0.221 e. The number of hydrogen-bond donors (Lipinski definition) is 2. The fraction of sp³-hybridized carbons (Fsp3) is 0.409. The molecule has 3 rings (SSSR count). The zero-order chi connectivity index (χ0) is 19.1. The zero-order valence-corrected chi connectivity index (χ0v) is 17.0. The number of hydrogen-bond acceptors (Lipinski definition) is 4. The molecule has 1 aliphatic heterocycles. The lowest BCUT2D eigenvalue weighted by molar-refractivity contribution is -0.122. The Morgan fingerprint density at radius 3 is 2.39 bits per heavy atom. The summed E-state index contributed by atoms with van der Waals surface area (Å²) in [5.41, 5.74) is 8.26. The molecule has 1 saturated heterocycles. The summed E-state index contributed by atoms with van der Waals surface area (Å²) in [5, 5.41) is 3.12. The van der Waals surface area contributed by atoms with E-state index in [1.807, 2.05) is 42.5 Å². The van der Waals surface area contributed by atoms with Gasteiger partial charge in [-0.05, 0) is 36.1 Å². The van der Waals surface area contributed by atoms with Gasteiger partial charge in [-0.1, -0.05) is 42.5 Å². The van der Waals surface area contributed by atoms with Crippen molar-refractivity contribution in [3.63, 3.8) is 0 Å². The Labute approximate surface area is 173 Å². The van der Waals surface area contributed by atoms with Gasteiger partial charge in [-0.25, -0.2) is 0 Å². The zero-order valence-electron chi connectivity index (χ0n) is 16.2. The van der Waals surface area contributed by atoms with Crippen LogP contribution in [0, 0.1) is 0 Å². The minimum absolute atomic E-state index is 0. The summed E-state index contributed by atoms with van der Waals surface area (Å²) < 4.78 is 10.8. The van der Waals surface area contributed by atoms with Crippen LogP contribution in [0.15, 0.2) is 54.6 Å². The number of amides is 1. The molecule has 0 spiro atoms. The Morgan fingerprint density at radius 1 is 1.14 bits per heavy atom. The lowest BCUT2D eigenvalue weighted by Gasteiger charge is -2.38. The van der Waals surface area contributed by atoms with Crippen LogP contribution in [0.3, 0.4) is 0 Å². The maximum Gasteiger partial charge on any atom is 0.221 e. The maximum atomic E-state index is 12.5. The molecule has 28 heavy (non-hydrogen) atoms. The summed E-state index contributed by atoms with van der Waals surface area (Å²) in [6.07, 6.45) is 2.04. The molecule has 1 unspecified atom stereocenters. The van der Waals surface area contributed by atoms with E-state index >= 15 is 0 Å². The summed E-state index contributed by atoms with van der Waals surface area (Å²) in [7, 11) is 1.66. The number of nitrogens with two attached hydrogens (primary N) is 1. The van der Waals surface area contributed by atoms with Crippen molar-refractivity contribution in [2.45, 2.75) is 30.7 Å². The van der Waals surface area contributed by atoms with E-state index in [1.165, 1.54) is 5.56 Å². The molecule has 1 fully saturated rings. The van der Waals surface area contributed by atoms with Gasteiger partial charge in [0.15, 0.2) is 0 Å². The van der Waals surface area contributed by atoms with E-state index in [-0.39, 0.29) is 36.2 Å². The molecule has 0 bridgehead atoms. The quantitative estimate of drug-likeness (QED) is 0.742. The first-order valence-electron chi connectivity index (χ1n) is 9.42. The number of halogens is 1. The fourth-order valence-corrected chi connectivity index (χ4v) is 3.63. The van der Waals surface area contributed by atoms with Crippen molar-refractivity contribution in [3.8, 4) is 5.75 Å². The van der Waals surface area contributed by atoms with E-state index < -0.39 is 0 Å². The summed E-state index contributed by atoms with van der Waals surface area (Å²) >= 11 is 0. The average Bonchev–Trinajstić information content (AvgIpc) is 2.73. The van der Waals surface area contributed by atoms with Gasteiger partial charge in [0.2, 0.25) is 5.91 Å². The standard InChI is InChI=1S/C22H28N2O3.ClH/c1-26-19-9-7-18(8-10-19)22(11-13-27-14-12-22)16-24-21(25)15-20(23)17-5-3-2-4-6-17;/h2-10,20H,11-16,23H2,1H3,(H,24,25);1H. The van der Waals surface area contributed by atoms with Crippen molar-refractivity contribution in [1.29, 1.82) is 0 Å². The van der Waals surface area contributed by atoms with Gasteiger partial charge in [0.1, 0.15) is 5.75 Å².